The SMILES string of the molecule is CC(C)(C(=O)NCCc1nc(C(=O)O)cs1)c1ccc(Br)cc1. The zero-order valence-corrected chi connectivity index (χ0v) is 15.2. The van der Waals surface area contributed by atoms with Crippen LogP contribution in [0.2, 0.25) is 0 Å². The van der Waals surface area contributed by atoms with Gasteiger partial charge in [0.2, 0.25) is 5.91 Å². The summed E-state index contributed by atoms with van der Waals surface area (Å²) in [6.07, 6.45) is 0.514. The summed E-state index contributed by atoms with van der Waals surface area (Å²) in [4.78, 5) is 27.2. The Bertz CT molecular complexity index is 710. The van der Waals surface area contributed by atoms with Crippen LogP contribution in [0.5, 0.6) is 0 Å². The summed E-state index contributed by atoms with van der Waals surface area (Å²) in [6.45, 7) is 4.17. The van der Waals surface area contributed by atoms with Gasteiger partial charge < -0.3 is 10.4 Å². The minimum absolute atomic E-state index is 0.0477. The molecule has 0 spiro atoms. The van der Waals surface area contributed by atoms with E-state index in [9.17, 15) is 9.59 Å². The van der Waals surface area contributed by atoms with Gasteiger partial charge in [-0.25, -0.2) is 9.78 Å². The molecule has 2 aromatic rings. The molecule has 1 amide bonds. The molecule has 122 valence electrons. The molecule has 1 aromatic carbocycles. The molecule has 1 aromatic heterocycles. The van der Waals surface area contributed by atoms with E-state index in [1.54, 1.807) is 0 Å². The van der Waals surface area contributed by atoms with Gasteiger partial charge in [-0.05, 0) is 31.5 Å². The van der Waals surface area contributed by atoms with Crippen LogP contribution in [0, 0.1) is 0 Å². The number of halogens is 1. The van der Waals surface area contributed by atoms with E-state index in [-0.39, 0.29) is 11.6 Å². The number of hydrogen-bond donors (Lipinski definition) is 2. The average molecular weight is 397 g/mol. The number of carboxylic acids is 1. The Kier molecular flexibility index (Phi) is 5.54. The Morgan fingerprint density at radius 2 is 1.96 bits per heavy atom. The largest absolute Gasteiger partial charge is 0.476 e. The van der Waals surface area contributed by atoms with Gasteiger partial charge in [0.05, 0.1) is 10.4 Å². The first-order valence-electron chi connectivity index (χ1n) is 7.03. The predicted molar refractivity (Wildman–Crippen MR) is 93.0 cm³/mol. The van der Waals surface area contributed by atoms with E-state index in [1.807, 2.05) is 38.1 Å². The molecule has 0 atom stereocenters. The van der Waals surface area contributed by atoms with Gasteiger partial charge in [-0.3, -0.25) is 4.79 Å². The molecule has 0 radical (unpaired) electrons. The lowest BCUT2D eigenvalue weighted by molar-refractivity contribution is -0.125. The van der Waals surface area contributed by atoms with Crippen molar-refractivity contribution in [1.29, 1.82) is 0 Å². The van der Waals surface area contributed by atoms with E-state index in [1.165, 1.54) is 16.7 Å². The fourth-order valence-electron chi connectivity index (χ4n) is 2.03. The van der Waals surface area contributed by atoms with Crippen molar-refractivity contribution in [2.75, 3.05) is 6.54 Å². The van der Waals surface area contributed by atoms with Crippen molar-refractivity contribution in [3.8, 4) is 0 Å². The van der Waals surface area contributed by atoms with Crippen LogP contribution in [-0.4, -0.2) is 28.5 Å². The number of amides is 1. The number of nitrogens with zero attached hydrogens (tertiary/aromatic N) is 1. The number of thiazole rings is 1. The van der Waals surface area contributed by atoms with Crippen molar-refractivity contribution >= 4 is 39.1 Å². The second-order valence-corrected chi connectivity index (χ2v) is 7.43. The first-order valence-corrected chi connectivity index (χ1v) is 8.70. The van der Waals surface area contributed by atoms with Crippen LogP contribution < -0.4 is 5.32 Å². The number of carboxylic acid groups (broad SMARTS) is 1. The summed E-state index contributed by atoms with van der Waals surface area (Å²) in [6, 6.07) is 7.66. The summed E-state index contributed by atoms with van der Waals surface area (Å²) >= 11 is 4.67. The fraction of sp³-hybridized carbons (Fsp3) is 0.312. The molecule has 0 unspecified atom stereocenters. The molecule has 0 aliphatic rings. The number of aromatic nitrogens is 1. The summed E-state index contributed by atoms with van der Waals surface area (Å²) < 4.78 is 0.968. The van der Waals surface area contributed by atoms with Gasteiger partial charge >= 0.3 is 5.97 Å². The number of nitrogens with one attached hydrogen (secondary N) is 1. The molecule has 0 bridgehead atoms. The lowest BCUT2D eigenvalue weighted by atomic mass is 9.84. The second kappa shape index (κ2) is 7.23. The van der Waals surface area contributed by atoms with Gasteiger partial charge in [0.15, 0.2) is 5.69 Å². The molecule has 0 saturated carbocycles. The Hall–Kier alpha value is -1.73. The van der Waals surface area contributed by atoms with E-state index in [4.69, 9.17) is 5.11 Å². The third kappa shape index (κ3) is 4.39. The maximum atomic E-state index is 12.4. The van der Waals surface area contributed by atoms with Gasteiger partial charge in [0.25, 0.3) is 0 Å². The van der Waals surface area contributed by atoms with E-state index in [2.05, 4.69) is 26.2 Å². The fourth-order valence-corrected chi connectivity index (χ4v) is 3.06. The molecule has 2 rings (SSSR count). The van der Waals surface area contributed by atoms with E-state index in [0.29, 0.717) is 18.0 Å². The number of benzene rings is 1. The zero-order valence-electron chi connectivity index (χ0n) is 12.8. The minimum Gasteiger partial charge on any atom is -0.476 e. The number of carbonyl (C=O) groups is 2. The smallest absolute Gasteiger partial charge is 0.355 e. The van der Waals surface area contributed by atoms with Crippen molar-refractivity contribution in [2.24, 2.45) is 0 Å². The Labute approximate surface area is 146 Å². The number of rotatable bonds is 6. The molecular weight excluding hydrogens is 380 g/mol. The molecule has 0 aliphatic carbocycles. The van der Waals surface area contributed by atoms with E-state index < -0.39 is 11.4 Å². The standard InChI is InChI=1S/C16H17BrN2O3S/c1-16(2,10-3-5-11(17)6-4-10)15(22)18-8-7-13-19-12(9-23-13)14(20)21/h3-6,9H,7-8H2,1-2H3,(H,18,22)(H,20,21). The van der Waals surface area contributed by atoms with Gasteiger partial charge in [0.1, 0.15) is 0 Å². The van der Waals surface area contributed by atoms with E-state index >= 15 is 0 Å². The van der Waals surface area contributed by atoms with Crippen LogP contribution in [0.1, 0.15) is 34.9 Å². The lowest BCUT2D eigenvalue weighted by Crippen LogP contribution is -2.40. The molecule has 0 aliphatic heterocycles. The minimum atomic E-state index is -1.03. The Morgan fingerprint density at radius 1 is 1.30 bits per heavy atom. The topological polar surface area (TPSA) is 79.3 Å². The van der Waals surface area contributed by atoms with Crippen LogP contribution in [0.15, 0.2) is 34.1 Å². The predicted octanol–water partition coefficient (Wildman–Crippen LogP) is 3.24. The highest BCUT2D eigenvalue weighted by Crippen LogP contribution is 2.25. The molecule has 0 fully saturated rings. The first kappa shape index (κ1) is 17.6. The maximum Gasteiger partial charge on any atom is 0.355 e. The van der Waals surface area contributed by atoms with Crippen molar-refractivity contribution in [2.45, 2.75) is 25.7 Å². The summed E-state index contributed by atoms with van der Waals surface area (Å²) in [5, 5.41) is 13.9. The third-order valence-corrected chi connectivity index (χ3v) is 4.97. The lowest BCUT2D eigenvalue weighted by Gasteiger charge is -2.24. The maximum absolute atomic E-state index is 12.4. The van der Waals surface area contributed by atoms with E-state index in [0.717, 1.165) is 10.0 Å². The van der Waals surface area contributed by atoms with Gasteiger partial charge in [-0.15, -0.1) is 11.3 Å². The molecule has 2 N–H and O–H groups in total. The average Bonchev–Trinajstić information content (AvgIpc) is 2.96. The molecule has 5 nitrogen and oxygen atoms in total. The molecular formula is C16H17BrN2O3S. The van der Waals surface area contributed by atoms with Crippen molar-refractivity contribution in [3.05, 3.63) is 50.4 Å². The Balaban J connectivity index is 1.92. The summed E-state index contributed by atoms with van der Waals surface area (Å²) in [7, 11) is 0. The highest BCUT2D eigenvalue weighted by Gasteiger charge is 2.29. The molecule has 23 heavy (non-hydrogen) atoms. The highest BCUT2D eigenvalue weighted by atomic mass is 79.9. The van der Waals surface area contributed by atoms with Gasteiger partial charge in [0, 0.05) is 22.8 Å². The molecule has 1 heterocycles. The van der Waals surface area contributed by atoms with Crippen LogP contribution >= 0.6 is 27.3 Å². The summed E-state index contributed by atoms with van der Waals surface area (Å²) in [5.74, 6) is -1.11. The normalized spacial score (nSPS) is 11.3. The zero-order chi connectivity index (χ0) is 17.0. The highest BCUT2D eigenvalue weighted by molar-refractivity contribution is 9.10. The van der Waals surface area contributed by atoms with Crippen LogP contribution in [-0.2, 0) is 16.6 Å². The quantitative estimate of drug-likeness (QED) is 0.785. The first-order chi connectivity index (χ1) is 10.8. The monoisotopic (exact) mass is 396 g/mol. The van der Waals surface area contributed by atoms with Crippen molar-refractivity contribution in [3.63, 3.8) is 0 Å². The summed E-state index contributed by atoms with van der Waals surface area (Å²) in [5.41, 5.74) is 0.336. The third-order valence-electron chi connectivity index (χ3n) is 3.53. The van der Waals surface area contributed by atoms with Crippen molar-refractivity contribution in [1.82, 2.24) is 10.3 Å². The van der Waals surface area contributed by atoms with Crippen molar-refractivity contribution < 1.29 is 14.7 Å². The molecule has 0 saturated heterocycles. The van der Waals surface area contributed by atoms with Crippen LogP contribution in [0.4, 0.5) is 0 Å². The van der Waals surface area contributed by atoms with Gasteiger partial charge in [-0.2, -0.15) is 0 Å². The number of carbonyl (C=O) groups excluding carboxylic acids is 1. The van der Waals surface area contributed by atoms with Gasteiger partial charge in [-0.1, -0.05) is 28.1 Å². The van der Waals surface area contributed by atoms with Crippen LogP contribution in [0.3, 0.4) is 0 Å². The van der Waals surface area contributed by atoms with Crippen LogP contribution in [0.25, 0.3) is 0 Å². The Morgan fingerprint density at radius 3 is 2.52 bits per heavy atom. The number of aromatic carboxylic acids is 1. The molecule has 7 heteroatoms. The number of hydrogen-bond acceptors (Lipinski definition) is 4. The second-order valence-electron chi connectivity index (χ2n) is 5.57.